The van der Waals surface area contributed by atoms with Crippen LogP contribution in [0.25, 0.3) is 0 Å². The van der Waals surface area contributed by atoms with Crippen molar-refractivity contribution in [2.24, 2.45) is 17.3 Å². The first-order chi connectivity index (χ1) is 6.97. The van der Waals surface area contributed by atoms with Crippen LogP contribution >= 0.6 is 0 Å². The zero-order valence-corrected chi connectivity index (χ0v) is 9.84. The molecule has 1 rings (SSSR count). The molecule has 1 fully saturated rings. The number of nitrogens with zero attached hydrogens (tertiary/aromatic N) is 1. The smallest absolute Gasteiger partial charge is 0.223 e. The van der Waals surface area contributed by atoms with Gasteiger partial charge in [0.1, 0.15) is 0 Å². The molecule has 15 heavy (non-hydrogen) atoms. The third-order valence-electron chi connectivity index (χ3n) is 3.38. The van der Waals surface area contributed by atoms with E-state index in [-0.39, 0.29) is 23.2 Å². The van der Waals surface area contributed by atoms with Crippen LogP contribution in [0.1, 0.15) is 40.0 Å². The van der Waals surface area contributed by atoms with Gasteiger partial charge in [-0.2, -0.15) is 5.26 Å². The highest BCUT2D eigenvalue weighted by Crippen LogP contribution is 2.42. The molecule has 0 aliphatic heterocycles. The van der Waals surface area contributed by atoms with Crippen LogP contribution in [0.4, 0.5) is 0 Å². The van der Waals surface area contributed by atoms with Gasteiger partial charge in [0.05, 0.1) is 12.0 Å². The molecule has 1 aliphatic carbocycles. The van der Waals surface area contributed by atoms with Gasteiger partial charge in [0.25, 0.3) is 0 Å². The molecule has 1 N–H and O–H groups in total. The van der Waals surface area contributed by atoms with Gasteiger partial charge in [-0.3, -0.25) is 4.79 Å². The summed E-state index contributed by atoms with van der Waals surface area (Å²) >= 11 is 0. The largest absolute Gasteiger partial charge is 0.355 e. The number of carbonyl (C=O) groups is 1. The second-order valence-corrected chi connectivity index (χ2v) is 5.21. The Morgan fingerprint density at radius 3 is 2.80 bits per heavy atom. The number of carbonyl (C=O) groups excluding carboxylic acids is 1. The molecule has 2 atom stereocenters. The number of amides is 1. The maximum absolute atomic E-state index is 11.9. The molecule has 0 bridgehead atoms. The monoisotopic (exact) mass is 208 g/mol. The van der Waals surface area contributed by atoms with E-state index in [4.69, 9.17) is 5.26 Å². The second-order valence-electron chi connectivity index (χ2n) is 5.21. The average molecular weight is 208 g/mol. The quantitative estimate of drug-likeness (QED) is 0.772. The molecule has 3 nitrogen and oxygen atoms in total. The minimum absolute atomic E-state index is 0.0986. The highest BCUT2D eigenvalue weighted by Gasteiger charge is 2.39. The van der Waals surface area contributed by atoms with Gasteiger partial charge in [-0.15, -0.1) is 0 Å². The lowest BCUT2D eigenvalue weighted by atomic mass is 9.81. The molecular formula is C12H20N2O. The van der Waals surface area contributed by atoms with Gasteiger partial charge in [0.2, 0.25) is 5.91 Å². The first kappa shape index (κ1) is 12.0. The van der Waals surface area contributed by atoms with Gasteiger partial charge in [-0.25, -0.2) is 0 Å². The zero-order chi connectivity index (χ0) is 11.5. The molecule has 0 heterocycles. The van der Waals surface area contributed by atoms with Gasteiger partial charge < -0.3 is 5.32 Å². The Balaban J connectivity index is 2.44. The number of nitrogens with one attached hydrogen (secondary N) is 1. The molecule has 84 valence electrons. The van der Waals surface area contributed by atoms with E-state index in [0.29, 0.717) is 6.54 Å². The molecule has 1 amide bonds. The summed E-state index contributed by atoms with van der Waals surface area (Å²) in [4.78, 5) is 11.9. The lowest BCUT2D eigenvalue weighted by Gasteiger charge is -2.26. The number of nitriles is 1. The maximum Gasteiger partial charge on any atom is 0.223 e. The predicted octanol–water partition coefficient (Wildman–Crippen LogP) is 2.09. The van der Waals surface area contributed by atoms with Gasteiger partial charge in [0, 0.05) is 12.5 Å². The van der Waals surface area contributed by atoms with Crippen LogP contribution in [0.2, 0.25) is 0 Å². The topological polar surface area (TPSA) is 52.9 Å². The van der Waals surface area contributed by atoms with Crippen molar-refractivity contribution in [2.45, 2.75) is 40.0 Å². The van der Waals surface area contributed by atoms with Crippen LogP contribution in [0.5, 0.6) is 0 Å². The highest BCUT2D eigenvalue weighted by molar-refractivity contribution is 5.79. The van der Waals surface area contributed by atoms with Crippen LogP contribution in [0.15, 0.2) is 0 Å². The van der Waals surface area contributed by atoms with Crippen LogP contribution in [0.3, 0.4) is 0 Å². The van der Waals surface area contributed by atoms with Crippen LogP contribution in [-0.4, -0.2) is 12.5 Å². The Morgan fingerprint density at radius 1 is 1.67 bits per heavy atom. The van der Waals surface area contributed by atoms with E-state index in [1.165, 1.54) is 0 Å². The minimum atomic E-state index is -0.0986. The molecular weight excluding hydrogens is 188 g/mol. The van der Waals surface area contributed by atoms with E-state index in [0.717, 1.165) is 19.3 Å². The molecule has 0 aromatic carbocycles. The lowest BCUT2D eigenvalue weighted by Crippen LogP contribution is -2.38. The van der Waals surface area contributed by atoms with Crippen molar-refractivity contribution in [3.63, 3.8) is 0 Å². The van der Waals surface area contributed by atoms with Crippen molar-refractivity contribution in [3.8, 4) is 6.07 Å². The van der Waals surface area contributed by atoms with Crippen LogP contribution in [0, 0.1) is 28.6 Å². The third-order valence-corrected chi connectivity index (χ3v) is 3.38. The molecule has 1 aliphatic rings. The lowest BCUT2D eigenvalue weighted by molar-refractivity contribution is -0.127. The van der Waals surface area contributed by atoms with E-state index < -0.39 is 0 Å². The summed E-state index contributed by atoms with van der Waals surface area (Å²) in [6, 6.07) is 2.12. The summed E-state index contributed by atoms with van der Waals surface area (Å²) in [5.74, 6) is 0.154. The van der Waals surface area contributed by atoms with E-state index in [2.05, 4.69) is 25.2 Å². The summed E-state index contributed by atoms with van der Waals surface area (Å²) in [6.07, 6.45) is 3.25. The molecule has 0 radical (unpaired) electrons. The molecule has 2 unspecified atom stereocenters. The molecule has 0 aromatic heterocycles. The van der Waals surface area contributed by atoms with Crippen molar-refractivity contribution < 1.29 is 4.79 Å². The van der Waals surface area contributed by atoms with E-state index in [9.17, 15) is 4.79 Å². The van der Waals surface area contributed by atoms with Crippen molar-refractivity contribution in [1.29, 1.82) is 5.26 Å². The molecule has 3 heteroatoms. The first-order valence-electron chi connectivity index (χ1n) is 5.64. The Hall–Kier alpha value is -1.04. The summed E-state index contributed by atoms with van der Waals surface area (Å²) in [7, 11) is 0. The number of hydrogen-bond acceptors (Lipinski definition) is 2. The number of rotatable bonds is 3. The fourth-order valence-electron chi connectivity index (χ4n) is 2.24. The maximum atomic E-state index is 11.9. The predicted molar refractivity (Wildman–Crippen MR) is 58.9 cm³/mol. The second kappa shape index (κ2) is 4.65. The Labute approximate surface area is 91.9 Å². The Bertz CT molecular complexity index is 278. The van der Waals surface area contributed by atoms with Crippen molar-refractivity contribution in [3.05, 3.63) is 0 Å². The number of hydrogen-bond donors (Lipinski definition) is 1. The molecule has 1 saturated carbocycles. The fourth-order valence-corrected chi connectivity index (χ4v) is 2.24. The van der Waals surface area contributed by atoms with Gasteiger partial charge in [0.15, 0.2) is 0 Å². The van der Waals surface area contributed by atoms with Crippen molar-refractivity contribution in [2.75, 3.05) is 6.54 Å². The average Bonchev–Trinajstić information content (AvgIpc) is 2.53. The minimum Gasteiger partial charge on any atom is -0.355 e. The summed E-state index contributed by atoms with van der Waals surface area (Å²) in [5.41, 5.74) is 0.125. The normalized spacial score (nSPS) is 25.6. The molecule has 0 spiro atoms. The van der Waals surface area contributed by atoms with E-state index in [1.807, 2.05) is 6.92 Å². The van der Waals surface area contributed by atoms with Crippen molar-refractivity contribution in [1.82, 2.24) is 5.32 Å². The Morgan fingerprint density at radius 2 is 2.33 bits per heavy atom. The summed E-state index contributed by atoms with van der Waals surface area (Å²) < 4.78 is 0. The van der Waals surface area contributed by atoms with Crippen LogP contribution in [-0.2, 0) is 4.79 Å². The van der Waals surface area contributed by atoms with Gasteiger partial charge >= 0.3 is 0 Å². The van der Waals surface area contributed by atoms with Gasteiger partial charge in [-0.1, -0.05) is 20.3 Å². The first-order valence-corrected chi connectivity index (χ1v) is 5.64. The van der Waals surface area contributed by atoms with Crippen molar-refractivity contribution >= 4 is 5.91 Å². The Kier molecular flexibility index (Phi) is 3.73. The van der Waals surface area contributed by atoms with Crippen LogP contribution < -0.4 is 5.32 Å². The van der Waals surface area contributed by atoms with Gasteiger partial charge in [-0.05, 0) is 25.2 Å². The summed E-state index contributed by atoms with van der Waals surface area (Å²) in [6.45, 7) is 6.60. The van der Waals surface area contributed by atoms with E-state index >= 15 is 0 Å². The highest BCUT2D eigenvalue weighted by atomic mass is 16.1. The molecule has 0 saturated heterocycles. The summed E-state index contributed by atoms with van der Waals surface area (Å²) in [5, 5.41) is 11.5. The van der Waals surface area contributed by atoms with E-state index in [1.54, 1.807) is 0 Å². The fraction of sp³-hybridized carbons (Fsp3) is 0.833. The SMILES string of the molecule is CC(C#N)CNC(=O)C1CCCC1(C)C. The third kappa shape index (κ3) is 2.95. The molecule has 0 aromatic rings. The zero-order valence-electron chi connectivity index (χ0n) is 9.84. The standard InChI is InChI=1S/C12H20N2O/c1-9(7-13)8-14-11(15)10-5-4-6-12(10,2)3/h9-10H,4-6,8H2,1-3H3,(H,14,15).